The van der Waals surface area contributed by atoms with E-state index in [2.05, 4.69) is 4.90 Å². The molecule has 0 aromatic rings. The van der Waals surface area contributed by atoms with Gasteiger partial charge in [-0.05, 0) is 19.4 Å². The van der Waals surface area contributed by atoms with Crippen molar-refractivity contribution in [3.05, 3.63) is 0 Å². The van der Waals surface area contributed by atoms with Gasteiger partial charge >= 0.3 is 0 Å². The fraction of sp³-hybridized carbons (Fsp3) is 0.909. The molecule has 1 heterocycles. The lowest BCUT2D eigenvalue weighted by Crippen LogP contribution is -2.43. The second kappa shape index (κ2) is 4.41. The van der Waals surface area contributed by atoms with E-state index in [-0.39, 0.29) is 17.3 Å². The summed E-state index contributed by atoms with van der Waals surface area (Å²) in [5.41, 5.74) is -0.262. The smallest absolute Gasteiger partial charge is 0.152 e. The van der Waals surface area contributed by atoms with Crippen molar-refractivity contribution in [2.45, 2.75) is 39.7 Å². The van der Waals surface area contributed by atoms with Crippen LogP contribution in [0.1, 0.15) is 33.6 Å². The molecule has 1 N–H and O–H groups in total. The molecule has 0 spiro atoms. The van der Waals surface area contributed by atoms with Crippen LogP contribution in [0, 0.1) is 5.41 Å². The Morgan fingerprint density at radius 3 is 2.64 bits per heavy atom. The number of hydrogen-bond donors (Lipinski definition) is 1. The molecule has 3 nitrogen and oxygen atoms in total. The second-order valence-corrected chi connectivity index (χ2v) is 5.20. The van der Waals surface area contributed by atoms with E-state index < -0.39 is 0 Å². The minimum Gasteiger partial charge on any atom is -0.392 e. The Morgan fingerprint density at radius 1 is 1.50 bits per heavy atom. The predicted octanol–water partition coefficient (Wildman–Crippen LogP) is 1.06. The predicted molar refractivity (Wildman–Crippen MR) is 56.1 cm³/mol. The number of carbonyl (C=O) groups is 1. The van der Waals surface area contributed by atoms with Gasteiger partial charge in [0, 0.05) is 12.0 Å². The van der Waals surface area contributed by atoms with Gasteiger partial charge in [0.25, 0.3) is 0 Å². The third-order valence-corrected chi connectivity index (χ3v) is 2.68. The van der Waals surface area contributed by atoms with E-state index in [0.717, 1.165) is 19.4 Å². The third-order valence-electron chi connectivity index (χ3n) is 2.68. The van der Waals surface area contributed by atoms with E-state index in [4.69, 9.17) is 0 Å². The van der Waals surface area contributed by atoms with Gasteiger partial charge in [-0.1, -0.05) is 20.8 Å². The number of ketones is 1. The number of aliphatic hydroxyl groups is 1. The van der Waals surface area contributed by atoms with E-state index in [0.29, 0.717) is 13.1 Å². The number of Topliss-reactive ketones (excluding diaryl/α,β-unsaturated/α-hetero) is 1. The molecule has 0 amide bonds. The molecule has 82 valence electrons. The highest BCUT2D eigenvalue weighted by Crippen LogP contribution is 2.17. The lowest BCUT2D eigenvalue weighted by Gasteiger charge is -2.31. The normalized spacial score (nSPS) is 25.0. The molecule has 1 aliphatic rings. The summed E-state index contributed by atoms with van der Waals surface area (Å²) < 4.78 is 0. The van der Waals surface area contributed by atoms with Gasteiger partial charge in [0.05, 0.1) is 12.6 Å². The van der Waals surface area contributed by atoms with Crippen molar-refractivity contribution >= 4 is 5.78 Å². The van der Waals surface area contributed by atoms with Gasteiger partial charge in [0.1, 0.15) is 0 Å². The first-order valence-electron chi connectivity index (χ1n) is 5.33. The van der Waals surface area contributed by atoms with Crippen molar-refractivity contribution in [2.24, 2.45) is 5.41 Å². The number of β-amino-alcohol motifs (C(OH)–C–C–N with tert-alkyl or cyclic N) is 1. The van der Waals surface area contributed by atoms with Crippen molar-refractivity contribution in [1.29, 1.82) is 0 Å². The number of carbonyl (C=O) groups excluding carboxylic acids is 1. The summed E-state index contributed by atoms with van der Waals surface area (Å²) in [5, 5.41) is 9.44. The Hall–Kier alpha value is -0.410. The van der Waals surface area contributed by atoms with Gasteiger partial charge in [0.15, 0.2) is 5.78 Å². The van der Waals surface area contributed by atoms with E-state index in [1.54, 1.807) is 0 Å². The molecule has 0 radical (unpaired) electrons. The first kappa shape index (κ1) is 11.7. The Labute approximate surface area is 86.1 Å². The summed E-state index contributed by atoms with van der Waals surface area (Å²) in [7, 11) is 0. The second-order valence-electron chi connectivity index (χ2n) is 5.20. The van der Waals surface area contributed by atoms with Crippen molar-refractivity contribution in [3.8, 4) is 0 Å². The van der Waals surface area contributed by atoms with Crippen LogP contribution in [-0.4, -0.2) is 41.5 Å². The molecule has 0 saturated carbocycles. The molecule has 0 bridgehead atoms. The fourth-order valence-electron chi connectivity index (χ4n) is 1.62. The number of piperidine rings is 1. The molecule has 1 fully saturated rings. The summed E-state index contributed by atoms with van der Waals surface area (Å²) in [6.45, 7) is 7.91. The van der Waals surface area contributed by atoms with E-state index in [1.165, 1.54) is 0 Å². The van der Waals surface area contributed by atoms with Crippen molar-refractivity contribution in [3.63, 3.8) is 0 Å². The average Bonchev–Trinajstić information content (AvgIpc) is 2.02. The summed E-state index contributed by atoms with van der Waals surface area (Å²) in [5.74, 6) is 0.256. The Morgan fingerprint density at radius 2 is 2.14 bits per heavy atom. The highest BCUT2D eigenvalue weighted by Gasteiger charge is 2.25. The minimum absolute atomic E-state index is 0.239. The molecule has 0 aliphatic carbocycles. The van der Waals surface area contributed by atoms with E-state index in [9.17, 15) is 9.90 Å². The maximum absolute atomic E-state index is 11.7. The number of nitrogens with zero attached hydrogens (tertiary/aromatic N) is 1. The topological polar surface area (TPSA) is 40.5 Å². The van der Waals surface area contributed by atoms with Crippen LogP contribution in [0.25, 0.3) is 0 Å². The Bertz CT molecular complexity index is 208. The van der Waals surface area contributed by atoms with Crippen LogP contribution in [0.5, 0.6) is 0 Å². The van der Waals surface area contributed by atoms with E-state index >= 15 is 0 Å². The van der Waals surface area contributed by atoms with Gasteiger partial charge in [-0.3, -0.25) is 9.69 Å². The number of rotatable bonds is 2. The van der Waals surface area contributed by atoms with Crippen LogP contribution >= 0.6 is 0 Å². The standard InChI is InChI=1S/C11H21NO2/c1-11(2,3)10(14)8-12-6-4-5-9(13)7-12/h9,13H,4-8H2,1-3H3. The molecule has 1 atom stereocenters. The van der Waals surface area contributed by atoms with Crippen LogP contribution in [0.3, 0.4) is 0 Å². The van der Waals surface area contributed by atoms with Gasteiger partial charge in [-0.15, -0.1) is 0 Å². The Balaban J connectivity index is 2.40. The SMILES string of the molecule is CC(C)(C)C(=O)CN1CCCC(O)C1. The zero-order valence-electron chi connectivity index (χ0n) is 9.42. The van der Waals surface area contributed by atoms with Gasteiger partial charge in [-0.25, -0.2) is 0 Å². The number of aliphatic hydroxyl groups excluding tert-OH is 1. The van der Waals surface area contributed by atoms with Crippen molar-refractivity contribution in [2.75, 3.05) is 19.6 Å². The molecule has 0 aromatic heterocycles. The van der Waals surface area contributed by atoms with Gasteiger partial charge in [-0.2, -0.15) is 0 Å². The van der Waals surface area contributed by atoms with E-state index in [1.807, 2.05) is 20.8 Å². The Kier molecular flexibility index (Phi) is 3.67. The lowest BCUT2D eigenvalue weighted by molar-refractivity contribution is -0.128. The maximum Gasteiger partial charge on any atom is 0.152 e. The molecule has 1 unspecified atom stereocenters. The third kappa shape index (κ3) is 3.39. The van der Waals surface area contributed by atoms with Crippen LogP contribution in [-0.2, 0) is 4.79 Å². The fourth-order valence-corrected chi connectivity index (χ4v) is 1.62. The lowest BCUT2D eigenvalue weighted by atomic mass is 9.90. The highest BCUT2D eigenvalue weighted by atomic mass is 16.3. The zero-order chi connectivity index (χ0) is 10.8. The van der Waals surface area contributed by atoms with Gasteiger partial charge in [0.2, 0.25) is 0 Å². The molecule has 0 aromatic carbocycles. The molecular weight excluding hydrogens is 178 g/mol. The summed E-state index contributed by atoms with van der Waals surface area (Å²) in [6, 6.07) is 0. The largest absolute Gasteiger partial charge is 0.392 e. The summed E-state index contributed by atoms with van der Waals surface area (Å²) >= 11 is 0. The monoisotopic (exact) mass is 199 g/mol. The summed E-state index contributed by atoms with van der Waals surface area (Å²) in [6.07, 6.45) is 1.63. The van der Waals surface area contributed by atoms with Crippen LogP contribution in [0.2, 0.25) is 0 Å². The highest BCUT2D eigenvalue weighted by molar-refractivity contribution is 5.85. The zero-order valence-corrected chi connectivity index (χ0v) is 9.42. The first-order chi connectivity index (χ1) is 6.39. The average molecular weight is 199 g/mol. The summed E-state index contributed by atoms with van der Waals surface area (Å²) in [4.78, 5) is 13.8. The molecule has 14 heavy (non-hydrogen) atoms. The minimum atomic E-state index is -0.262. The van der Waals surface area contributed by atoms with Crippen molar-refractivity contribution < 1.29 is 9.90 Å². The number of hydrogen-bond acceptors (Lipinski definition) is 3. The molecule has 1 aliphatic heterocycles. The van der Waals surface area contributed by atoms with Crippen LogP contribution < -0.4 is 0 Å². The molecule has 1 rings (SSSR count). The molecule has 1 saturated heterocycles. The van der Waals surface area contributed by atoms with Gasteiger partial charge < -0.3 is 5.11 Å². The first-order valence-corrected chi connectivity index (χ1v) is 5.33. The van der Waals surface area contributed by atoms with Crippen LogP contribution in [0.4, 0.5) is 0 Å². The van der Waals surface area contributed by atoms with Crippen LogP contribution in [0.15, 0.2) is 0 Å². The number of likely N-dealkylation sites (tertiary alicyclic amines) is 1. The molecular formula is C11H21NO2. The molecule has 3 heteroatoms. The maximum atomic E-state index is 11.7. The quantitative estimate of drug-likeness (QED) is 0.723. The van der Waals surface area contributed by atoms with Crippen molar-refractivity contribution in [1.82, 2.24) is 4.90 Å².